The van der Waals surface area contributed by atoms with E-state index in [1.807, 2.05) is 98.8 Å². The number of ether oxygens (including phenoxy) is 2. The molecule has 448 valence electrons. The first kappa shape index (κ1) is 64.2. The third-order valence-corrected chi connectivity index (χ3v) is 14.9. The molecule has 0 unspecified atom stereocenters. The summed E-state index contributed by atoms with van der Waals surface area (Å²) in [5, 5.41) is 24.9. The highest BCUT2D eigenvalue weighted by Crippen LogP contribution is 2.41. The second-order valence-electron chi connectivity index (χ2n) is 24.4. The van der Waals surface area contributed by atoms with Crippen LogP contribution in [0.1, 0.15) is 116 Å². The first-order chi connectivity index (χ1) is 39.4. The molecular weight excluding hydrogens is 1060 g/mol. The number of carbonyl (C=O) groups is 8. The summed E-state index contributed by atoms with van der Waals surface area (Å²) >= 11 is 0. The van der Waals surface area contributed by atoms with Crippen LogP contribution in [-0.2, 0) is 59.3 Å². The molecule has 0 saturated carbocycles. The van der Waals surface area contributed by atoms with Crippen LogP contribution in [-0.4, -0.2) is 142 Å². The van der Waals surface area contributed by atoms with E-state index in [2.05, 4.69) is 26.6 Å². The molecule has 2 saturated heterocycles. The van der Waals surface area contributed by atoms with Crippen molar-refractivity contribution in [2.45, 2.75) is 161 Å². The Labute approximate surface area is 489 Å². The van der Waals surface area contributed by atoms with E-state index in [0.717, 1.165) is 16.0 Å². The Bertz CT molecular complexity index is 2770. The van der Waals surface area contributed by atoms with Gasteiger partial charge in [0.15, 0.2) is 0 Å². The van der Waals surface area contributed by atoms with Crippen LogP contribution in [0.4, 0.5) is 14.4 Å². The fraction of sp³-hybridized carbons (Fsp3) is 0.500. The van der Waals surface area contributed by atoms with Gasteiger partial charge < -0.3 is 51.0 Å². The summed E-state index contributed by atoms with van der Waals surface area (Å²) in [5.41, 5.74) is 1.13. The lowest BCUT2D eigenvalue weighted by Gasteiger charge is -2.54. The van der Waals surface area contributed by atoms with Crippen LogP contribution < -0.4 is 26.6 Å². The van der Waals surface area contributed by atoms with Crippen LogP contribution in [0.15, 0.2) is 121 Å². The van der Waals surface area contributed by atoms with Crippen LogP contribution in [0, 0.1) is 11.3 Å². The van der Waals surface area contributed by atoms with Gasteiger partial charge in [0.2, 0.25) is 29.5 Å². The van der Waals surface area contributed by atoms with Crippen molar-refractivity contribution in [3.63, 3.8) is 0 Å². The SMILES string of the molecule is CC(C)C[C@@H](NC(=O)[C@@H](Cc1ccccc1)NC(=O)[C@@H](Cc1ccccc1)N(C(=O)O)C(C)(C)C)C(=O)N[C@H](CCCCNC(=O)OC(C)(C)C)C(=O)N1CC2(CCN(C(=O)[C@@H](Cc3ccccc3)NC(=O)OCc3ccccc3)CC2)C1. The summed E-state index contributed by atoms with van der Waals surface area (Å²) in [6.07, 6.45) is 0.220. The minimum Gasteiger partial charge on any atom is -0.465 e. The van der Waals surface area contributed by atoms with Gasteiger partial charge in [-0.05, 0) is 108 Å². The van der Waals surface area contributed by atoms with Crippen molar-refractivity contribution in [3.05, 3.63) is 144 Å². The number of rotatable bonds is 25. The Morgan fingerprint density at radius 2 is 1.04 bits per heavy atom. The molecular formula is C64H86N8O11. The molecule has 5 atom stereocenters. The maximum atomic E-state index is 14.7. The van der Waals surface area contributed by atoms with Crippen molar-refractivity contribution >= 4 is 47.8 Å². The normalized spacial score (nSPS) is 15.7. The molecule has 0 bridgehead atoms. The first-order valence-corrected chi connectivity index (χ1v) is 29.0. The van der Waals surface area contributed by atoms with Crippen molar-refractivity contribution in [1.82, 2.24) is 41.3 Å². The van der Waals surface area contributed by atoms with Crippen molar-refractivity contribution < 1.29 is 52.9 Å². The lowest BCUT2D eigenvalue weighted by atomic mass is 9.71. The molecule has 6 rings (SSSR count). The molecule has 1 spiro atoms. The van der Waals surface area contributed by atoms with Gasteiger partial charge in [0, 0.05) is 62.9 Å². The minimum absolute atomic E-state index is 0.0190. The maximum Gasteiger partial charge on any atom is 0.408 e. The summed E-state index contributed by atoms with van der Waals surface area (Å²) in [5.74, 6) is -2.61. The maximum absolute atomic E-state index is 14.7. The summed E-state index contributed by atoms with van der Waals surface area (Å²) < 4.78 is 10.9. The standard InChI is InChI=1S/C64H86N8O11/c1-44(2)37-50(67-55(74)51(38-45-23-13-9-14-24-45)68-56(75)53(40-47-27-17-11-18-28-47)72(61(80)81)62(3,4)5)54(73)66-49(31-21-22-34-65-59(78)83-63(6,7)8)57(76)71-42-64(43-71)32-35-70(36-33-64)58(77)52(39-46-25-15-10-16-26-46)69-60(79)82-41-48-29-19-12-20-30-48/h9-20,23-30,44,49-53H,21-22,31-43H2,1-8H3,(H,65,78)(H,66,73)(H,67,74)(H,68,75)(H,69,79)(H,80,81)/t49-,50-,51-,52-,53-/m1/s1. The van der Waals surface area contributed by atoms with Gasteiger partial charge in [0.25, 0.3) is 0 Å². The Hall–Kier alpha value is -7.96. The van der Waals surface area contributed by atoms with Gasteiger partial charge in [0.05, 0.1) is 0 Å². The zero-order valence-corrected chi connectivity index (χ0v) is 49.5. The quantitative estimate of drug-likeness (QED) is 0.0350. The second kappa shape index (κ2) is 29.8. The van der Waals surface area contributed by atoms with Crippen molar-refractivity contribution in [2.24, 2.45) is 11.3 Å². The number of amides is 8. The van der Waals surface area contributed by atoms with E-state index in [1.165, 1.54) is 0 Å². The van der Waals surface area contributed by atoms with E-state index in [-0.39, 0.29) is 68.4 Å². The number of alkyl carbamates (subject to hydrolysis) is 2. The summed E-state index contributed by atoms with van der Waals surface area (Å²) in [6, 6.07) is 31.3. The Kier molecular flexibility index (Phi) is 23.1. The molecule has 2 fully saturated rings. The molecule has 4 aromatic rings. The van der Waals surface area contributed by atoms with Gasteiger partial charge in [-0.1, -0.05) is 135 Å². The van der Waals surface area contributed by atoms with Gasteiger partial charge in [-0.15, -0.1) is 0 Å². The third kappa shape index (κ3) is 20.2. The van der Waals surface area contributed by atoms with E-state index >= 15 is 0 Å². The van der Waals surface area contributed by atoms with Crippen LogP contribution in [0.3, 0.4) is 0 Å². The fourth-order valence-corrected chi connectivity index (χ4v) is 10.7. The molecule has 8 amide bonds. The molecule has 0 radical (unpaired) electrons. The van der Waals surface area contributed by atoms with Gasteiger partial charge in [0.1, 0.15) is 42.4 Å². The predicted octanol–water partition coefficient (Wildman–Crippen LogP) is 7.80. The van der Waals surface area contributed by atoms with E-state index in [9.17, 15) is 43.5 Å². The van der Waals surface area contributed by atoms with E-state index in [0.29, 0.717) is 63.0 Å². The molecule has 19 heteroatoms. The lowest BCUT2D eigenvalue weighted by Crippen LogP contribution is -2.66. The predicted molar refractivity (Wildman–Crippen MR) is 316 cm³/mol. The highest BCUT2D eigenvalue weighted by molar-refractivity contribution is 5.96. The van der Waals surface area contributed by atoms with Crippen LogP contribution >= 0.6 is 0 Å². The van der Waals surface area contributed by atoms with Gasteiger partial charge in [-0.2, -0.15) is 0 Å². The number of nitrogens with one attached hydrogen (secondary N) is 5. The molecule has 0 aromatic heterocycles. The number of likely N-dealkylation sites (tertiary alicyclic amines) is 2. The number of hydrogen-bond donors (Lipinski definition) is 6. The number of benzene rings is 4. The molecule has 4 aromatic carbocycles. The number of unbranched alkanes of at least 4 members (excludes halogenated alkanes) is 1. The van der Waals surface area contributed by atoms with Crippen LogP contribution in [0.25, 0.3) is 0 Å². The van der Waals surface area contributed by atoms with Crippen molar-refractivity contribution in [2.75, 3.05) is 32.7 Å². The van der Waals surface area contributed by atoms with E-state index in [1.54, 1.807) is 87.7 Å². The van der Waals surface area contributed by atoms with Gasteiger partial charge in [-0.3, -0.25) is 28.9 Å². The second-order valence-corrected chi connectivity index (χ2v) is 24.4. The van der Waals surface area contributed by atoms with Crippen molar-refractivity contribution in [1.29, 1.82) is 0 Å². The summed E-state index contributed by atoms with van der Waals surface area (Å²) in [6.45, 7) is 16.1. The lowest BCUT2D eigenvalue weighted by molar-refractivity contribution is -0.153. The monoisotopic (exact) mass is 1140 g/mol. The topological polar surface area (TPSA) is 245 Å². The summed E-state index contributed by atoms with van der Waals surface area (Å²) in [4.78, 5) is 116. The largest absolute Gasteiger partial charge is 0.465 e. The first-order valence-electron chi connectivity index (χ1n) is 29.0. The van der Waals surface area contributed by atoms with Gasteiger partial charge >= 0.3 is 18.3 Å². The molecule has 2 aliphatic heterocycles. The minimum atomic E-state index is -1.31. The molecule has 83 heavy (non-hydrogen) atoms. The Balaban J connectivity index is 1.16. The van der Waals surface area contributed by atoms with Gasteiger partial charge in [-0.25, -0.2) is 14.4 Å². The number of nitrogens with zero attached hydrogens (tertiary/aromatic N) is 3. The number of carbonyl (C=O) groups excluding carboxylic acids is 7. The zero-order valence-electron chi connectivity index (χ0n) is 49.5. The summed E-state index contributed by atoms with van der Waals surface area (Å²) in [7, 11) is 0. The molecule has 2 heterocycles. The molecule has 19 nitrogen and oxygen atoms in total. The van der Waals surface area contributed by atoms with E-state index < -0.39 is 77.4 Å². The number of carboxylic acid groups (broad SMARTS) is 1. The molecule has 6 N–H and O–H groups in total. The highest BCUT2D eigenvalue weighted by atomic mass is 16.6. The third-order valence-electron chi connectivity index (χ3n) is 14.9. The Morgan fingerprint density at radius 3 is 1.54 bits per heavy atom. The van der Waals surface area contributed by atoms with Crippen molar-refractivity contribution in [3.8, 4) is 0 Å². The zero-order chi connectivity index (χ0) is 60.3. The smallest absolute Gasteiger partial charge is 0.408 e. The average molecular weight is 1140 g/mol. The highest BCUT2D eigenvalue weighted by Gasteiger charge is 2.49. The Morgan fingerprint density at radius 1 is 0.566 bits per heavy atom. The van der Waals surface area contributed by atoms with Crippen LogP contribution in [0.2, 0.25) is 0 Å². The van der Waals surface area contributed by atoms with Crippen LogP contribution in [0.5, 0.6) is 0 Å². The molecule has 0 aliphatic carbocycles. The number of piperidine rings is 1. The molecule has 2 aliphatic rings. The number of hydrogen-bond acceptors (Lipinski definition) is 10. The van der Waals surface area contributed by atoms with E-state index in [4.69, 9.17) is 9.47 Å². The fourth-order valence-electron chi connectivity index (χ4n) is 10.7. The average Bonchev–Trinajstić information content (AvgIpc) is 2.37.